The first-order valence-corrected chi connectivity index (χ1v) is 5.47. The van der Waals surface area contributed by atoms with Gasteiger partial charge in [0, 0.05) is 9.75 Å². The van der Waals surface area contributed by atoms with Gasteiger partial charge in [0.15, 0.2) is 0 Å². The molecular weight excluding hydrogens is 216 g/mol. The van der Waals surface area contributed by atoms with Gasteiger partial charge in [0.1, 0.15) is 0 Å². The van der Waals surface area contributed by atoms with E-state index >= 15 is 0 Å². The average molecular weight is 226 g/mol. The Morgan fingerprint density at radius 3 is 2.86 bits per heavy atom. The number of nitrogens with zero attached hydrogens (tertiary/aromatic N) is 3. The van der Waals surface area contributed by atoms with Gasteiger partial charge < -0.3 is 0 Å². The molecule has 74 valence electrons. The van der Waals surface area contributed by atoms with Gasteiger partial charge in [-0.3, -0.25) is 0 Å². The topological polar surface area (TPSA) is 46.5 Å². The summed E-state index contributed by atoms with van der Waals surface area (Å²) < 4.78 is 2.27. The molecule has 0 amide bonds. The van der Waals surface area contributed by atoms with Crippen LogP contribution in [0.25, 0.3) is 0 Å². The van der Waals surface area contributed by atoms with Crippen LogP contribution in [0.5, 0.6) is 0 Å². The van der Waals surface area contributed by atoms with Crippen LogP contribution in [0.4, 0.5) is 0 Å². The van der Waals surface area contributed by atoms with E-state index in [2.05, 4.69) is 41.5 Å². The molecule has 2 aromatic rings. The van der Waals surface area contributed by atoms with Crippen LogP contribution in [-0.4, -0.2) is 20.2 Å². The van der Waals surface area contributed by atoms with Crippen LogP contribution in [0.3, 0.4) is 0 Å². The largest absolute Gasteiger partial charge is 0.238 e. The molecule has 2 heterocycles. The molecule has 0 saturated carbocycles. The molecule has 0 fully saturated rings. The second-order valence-electron chi connectivity index (χ2n) is 3.08. The lowest BCUT2D eigenvalue weighted by molar-refractivity contribution is 0.544. The van der Waals surface area contributed by atoms with Crippen LogP contribution in [0.15, 0.2) is 12.1 Å². The molecule has 1 N–H and O–H groups in total. The first-order valence-electron chi connectivity index (χ1n) is 4.24. The van der Waals surface area contributed by atoms with Crippen molar-refractivity contribution in [3.8, 4) is 0 Å². The van der Waals surface area contributed by atoms with E-state index in [1.165, 1.54) is 9.75 Å². The van der Waals surface area contributed by atoms with Crippen molar-refractivity contribution in [2.75, 3.05) is 0 Å². The number of aryl methyl sites for hydroxylation is 1. The normalized spacial score (nSPS) is 13.0. The third-order valence-electron chi connectivity index (χ3n) is 2.05. The predicted molar refractivity (Wildman–Crippen MR) is 58.1 cm³/mol. The summed E-state index contributed by atoms with van der Waals surface area (Å²) in [4.78, 5) is 2.55. The van der Waals surface area contributed by atoms with Crippen LogP contribution >= 0.6 is 23.6 Å². The molecule has 1 atom stereocenters. The zero-order valence-electron chi connectivity index (χ0n) is 7.89. The highest BCUT2D eigenvalue weighted by atomic mass is 32.1. The number of hydrogen-bond donors (Lipinski definition) is 1. The molecule has 6 heteroatoms. The first kappa shape index (κ1) is 9.54. The third-order valence-corrected chi connectivity index (χ3v) is 3.50. The molecule has 2 aromatic heterocycles. The van der Waals surface area contributed by atoms with Crippen molar-refractivity contribution < 1.29 is 0 Å². The minimum absolute atomic E-state index is 0.177. The smallest absolute Gasteiger partial charge is 0.234 e. The van der Waals surface area contributed by atoms with Crippen LogP contribution in [0.1, 0.15) is 22.7 Å². The molecular formula is C8H10N4S2. The summed E-state index contributed by atoms with van der Waals surface area (Å²) in [5.74, 6) is 0. The molecule has 0 saturated heterocycles. The summed E-state index contributed by atoms with van der Waals surface area (Å²) in [6, 6.07) is 4.38. The lowest BCUT2D eigenvalue weighted by Gasteiger charge is -2.08. The number of thiophene rings is 1. The number of aromatic nitrogens is 4. The number of hydrogen-bond acceptors (Lipinski definition) is 4. The van der Waals surface area contributed by atoms with Gasteiger partial charge in [-0.1, -0.05) is 10.3 Å². The standard InChI is InChI=1S/C8H10N4S2/c1-5-3-4-7(14-5)6(2)12-8(13)9-10-11-12/h3-4,6H,1-2H3,(H,9,11,13). The number of nitrogens with one attached hydrogen (secondary N) is 1. The van der Waals surface area contributed by atoms with Gasteiger partial charge in [0.25, 0.3) is 0 Å². The van der Waals surface area contributed by atoms with Crippen molar-refractivity contribution in [3.05, 3.63) is 26.7 Å². The lowest BCUT2D eigenvalue weighted by Crippen LogP contribution is -2.07. The quantitative estimate of drug-likeness (QED) is 0.799. The number of H-pyrrole nitrogens is 1. The Labute approximate surface area is 90.6 Å². The average Bonchev–Trinajstić information content (AvgIpc) is 2.73. The van der Waals surface area contributed by atoms with Crippen molar-refractivity contribution in [1.29, 1.82) is 0 Å². The minimum atomic E-state index is 0.177. The Kier molecular flexibility index (Phi) is 2.47. The van der Waals surface area contributed by atoms with Crippen molar-refractivity contribution in [2.24, 2.45) is 0 Å². The number of aromatic amines is 1. The van der Waals surface area contributed by atoms with Crippen LogP contribution in [0.2, 0.25) is 0 Å². The fourth-order valence-electron chi connectivity index (χ4n) is 1.26. The maximum atomic E-state index is 5.03. The number of rotatable bonds is 2. The zero-order valence-corrected chi connectivity index (χ0v) is 9.52. The Balaban J connectivity index is 2.38. The summed E-state index contributed by atoms with van der Waals surface area (Å²) in [5.41, 5.74) is 0. The van der Waals surface area contributed by atoms with Gasteiger partial charge >= 0.3 is 0 Å². The number of tetrazole rings is 1. The molecule has 0 aliphatic heterocycles. The Bertz CT molecular complexity index is 481. The Morgan fingerprint density at radius 1 is 1.57 bits per heavy atom. The zero-order chi connectivity index (χ0) is 10.1. The van der Waals surface area contributed by atoms with Gasteiger partial charge in [0.2, 0.25) is 4.77 Å². The molecule has 0 aromatic carbocycles. The molecule has 0 spiro atoms. The Hall–Kier alpha value is -1.01. The highest BCUT2D eigenvalue weighted by molar-refractivity contribution is 7.71. The highest BCUT2D eigenvalue weighted by Crippen LogP contribution is 2.24. The Morgan fingerprint density at radius 2 is 2.36 bits per heavy atom. The summed E-state index contributed by atoms with van der Waals surface area (Å²) in [6.07, 6.45) is 0. The van der Waals surface area contributed by atoms with Gasteiger partial charge in [-0.25, -0.2) is 4.68 Å². The SMILES string of the molecule is Cc1ccc(C(C)n2[nH]nnc2=S)s1. The molecule has 2 rings (SSSR count). The van der Waals surface area contributed by atoms with Gasteiger partial charge in [-0.15, -0.1) is 11.3 Å². The van der Waals surface area contributed by atoms with E-state index in [9.17, 15) is 0 Å². The van der Waals surface area contributed by atoms with E-state index < -0.39 is 0 Å². The predicted octanol–water partition coefficient (Wildman–Crippen LogP) is 2.31. The van der Waals surface area contributed by atoms with E-state index in [1.54, 1.807) is 16.0 Å². The summed E-state index contributed by atoms with van der Waals surface area (Å²) >= 11 is 6.79. The van der Waals surface area contributed by atoms with Crippen molar-refractivity contribution in [2.45, 2.75) is 19.9 Å². The van der Waals surface area contributed by atoms with E-state index in [1.807, 2.05) is 0 Å². The van der Waals surface area contributed by atoms with Gasteiger partial charge in [0.05, 0.1) is 6.04 Å². The monoisotopic (exact) mass is 226 g/mol. The maximum Gasteiger partial charge on any atom is 0.238 e. The fraction of sp³-hybridized carbons (Fsp3) is 0.375. The molecule has 14 heavy (non-hydrogen) atoms. The highest BCUT2D eigenvalue weighted by Gasteiger charge is 2.11. The van der Waals surface area contributed by atoms with Crippen molar-refractivity contribution >= 4 is 23.6 Å². The van der Waals surface area contributed by atoms with E-state index in [-0.39, 0.29) is 6.04 Å². The van der Waals surface area contributed by atoms with E-state index in [0.717, 1.165) is 0 Å². The first-order chi connectivity index (χ1) is 6.68. The lowest BCUT2D eigenvalue weighted by atomic mass is 10.3. The second kappa shape index (κ2) is 3.62. The summed E-state index contributed by atoms with van der Waals surface area (Å²) in [7, 11) is 0. The van der Waals surface area contributed by atoms with E-state index in [4.69, 9.17) is 12.2 Å². The van der Waals surface area contributed by atoms with Crippen LogP contribution in [-0.2, 0) is 0 Å². The van der Waals surface area contributed by atoms with Gasteiger partial charge in [-0.2, -0.15) is 5.21 Å². The van der Waals surface area contributed by atoms with Crippen LogP contribution in [0, 0.1) is 11.7 Å². The molecule has 1 unspecified atom stereocenters. The fourth-order valence-corrected chi connectivity index (χ4v) is 2.42. The molecule has 0 aliphatic carbocycles. The summed E-state index contributed by atoms with van der Waals surface area (Å²) in [5, 5.41) is 10.2. The minimum Gasteiger partial charge on any atom is -0.234 e. The maximum absolute atomic E-state index is 5.03. The molecule has 0 bridgehead atoms. The molecule has 4 nitrogen and oxygen atoms in total. The van der Waals surface area contributed by atoms with Crippen molar-refractivity contribution in [3.63, 3.8) is 0 Å². The van der Waals surface area contributed by atoms with E-state index in [0.29, 0.717) is 4.77 Å². The summed E-state index contributed by atoms with van der Waals surface area (Å²) in [6.45, 7) is 4.16. The van der Waals surface area contributed by atoms with Crippen molar-refractivity contribution in [1.82, 2.24) is 20.2 Å². The van der Waals surface area contributed by atoms with Gasteiger partial charge in [-0.05, 0) is 38.2 Å². The molecule has 0 aliphatic rings. The third kappa shape index (κ3) is 1.62. The second-order valence-corrected chi connectivity index (χ2v) is 4.76. The van der Waals surface area contributed by atoms with Crippen LogP contribution < -0.4 is 0 Å². The molecule has 0 radical (unpaired) electrons.